The number of rotatable bonds is 10. The minimum Gasteiger partial charge on any atom is -0.467 e. The summed E-state index contributed by atoms with van der Waals surface area (Å²) in [5.74, 6) is 0.672. The zero-order valence-electron chi connectivity index (χ0n) is 11.2. The van der Waals surface area contributed by atoms with Crippen LogP contribution in [-0.4, -0.2) is 43.4 Å². The zero-order chi connectivity index (χ0) is 13.9. The van der Waals surface area contributed by atoms with Gasteiger partial charge in [-0.1, -0.05) is 0 Å². The summed E-state index contributed by atoms with van der Waals surface area (Å²) in [4.78, 5) is 11.7. The maximum Gasteiger partial charge on any atom is 0.237 e. The molecule has 0 fully saturated rings. The lowest BCUT2D eigenvalue weighted by atomic mass is 10.3. The Labute approximate surface area is 113 Å². The van der Waals surface area contributed by atoms with Crippen LogP contribution >= 0.6 is 0 Å². The van der Waals surface area contributed by atoms with Crippen LogP contribution in [0.4, 0.5) is 0 Å². The molecule has 1 rings (SSSR count). The SMILES string of the molecule is CC(NCCCOCCO)C(=O)NCc1ccco1. The Balaban J connectivity index is 2.04. The highest BCUT2D eigenvalue weighted by Crippen LogP contribution is 1.98. The third-order valence-corrected chi connectivity index (χ3v) is 2.56. The molecule has 1 amide bonds. The van der Waals surface area contributed by atoms with E-state index in [4.69, 9.17) is 14.3 Å². The molecule has 6 heteroatoms. The first-order valence-electron chi connectivity index (χ1n) is 6.46. The third-order valence-electron chi connectivity index (χ3n) is 2.56. The standard InChI is InChI=1S/C13H22N2O4/c1-11(14-5-3-7-18-9-6-16)13(17)15-10-12-4-2-8-19-12/h2,4,8,11,14,16H,3,5-7,9-10H2,1H3,(H,15,17). The molecule has 1 heterocycles. The molecule has 0 aromatic carbocycles. The summed E-state index contributed by atoms with van der Waals surface area (Å²) in [7, 11) is 0. The van der Waals surface area contributed by atoms with Gasteiger partial charge in [-0.25, -0.2) is 0 Å². The van der Waals surface area contributed by atoms with Crippen molar-refractivity contribution in [2.24, 2.45) is 0 Å². The molecule has 1 unspecified atom stereocenters. The van der Waals surface area contributed by atoms with Gasteiger partial charge in [-0.05, 0) is 32.0 Å². The van der Waals surface area contributed by atoms with E-state index >= 15 is 0 Å². The van der Waals surface area contributed by atoms with Crippen molar-refractivity contribution in [3.63, 3.8) is 0 Å². The van der Waals surface area contributed by atoms with Crippen molar-refractivity contribution < 1.29 is 19.1 Å². The number of furan rings is 1. The molecule has 19 heavy (non-hydrogen) atoms. The number of aliphatic hydroxyl groups is 1. The van der Waals surface area contributed by atoms with Crippen LogP contribution in [0.5, 0.6) is 0 Å². The maximum atomic E-state index is 11.7. The predicted octanol–water partition coefficient (Wildman–Crippen LogP) is 0.273. The Morgan fingerprint density at radius 2 is 2.37 bits per heavy atom. The molecular formula is C13H22N2O4. The largest absolute Gasteiger partial charge is 0.467 e. The van der Waals surface area contributed by atoms with E-state index in [-0.39, 0.29) is 18.6 Å². The topological polar surface area (TPSA) is 83.7 Å². The first-order chi connectivity index (χ1) is 9.24. The molecule has 108 valence electrons. The van der Waals surface area contributed by atoms with Crippen LogP contribution in [0.3, 0.4) is 0 Å². The second-order valence-electron chi connectivity index (χ2n) is 4.16. The van der Waals surface area contributed by atoms with Crippen LogP contribution in [0, 0.1) is 0 Å². The van der Waals surface area contributed by atoms with Crippen molar-refractivity contribution in [2.75, 3.05) is 26.4 Å². The van der Waals surface area contributed by atoms with E-state index in [0.717, 1.165) is 12.2 Å². The van der Waals surface area contributed by atoms with Crippen molar-refractivity contribution >= 4 is 5.91 Å². The summed E-state index contributed by atoms with van der Waals surface area (Å²) >= 11 is 0. The number of hydrogen-bond acceptors (Lipinski definition) is 5. The molecule has 0 radical (unpaired) electrons. The Kier molecular flexibility index (Phi) is 7.88. The second kappa shape index (κ2) is 9.55. The van der Waals surface area contributed by atoms with E-state index in [9.17, 15) is 4.79 Å². The number of hydrogen-bond donors (Lipinski definition) is 3. The van der Waals surface area contributed by atoms with Crippen molar-refractivity contribution in [3.05, 3.63) is 24.2 Å². The lowest BCUT2D eigenvalue weighted by Crippen LogP contribution is -2.42. The molecule has 0 saturated heterocycles. The molecule has 0 spiro atoms. The van der Waals surface area contributed by atoms with Gasteiger partial charge in [-0.2, -0.15) is 0 Å². The van der Waals surface area contributed by atoms with E-state index in [1.165, 1.54) is 0 Å². The second-order valence-corrected chi connectivity index (χ2v) is 4.16. The molecule has 0 bridgehead atoms. The van der Waals surface area contributed by atoms with Crippen LogP contribution in [0.2, 0.25) is 0 Å². The van der Waals surface area contributed by atoms with E-state index in [1.807, 2.05) is 13.0 Å². The van der Waals surface area contributed by atoms with Gasteiger partial charge in [-0.3, -0.25) is 4.79 Å². The van der Waals surface area contributed by atoms with Gasteiger partial charge in [-0.15, -0.1) is 0 Å². The Morgan fingerprint density at radius 3 is 3.05 bits per heavy atom. The lowest BCUT2D eigenvalue weighted by Gasteiger charge is -2.13. The van der Waals surface area contributed by atoms with E-state index < -0.39 is 0 Å². The number of nitrogens with one attached hydrogen (secondary N) is 2. The van der Waals surface area contributed by atoms with Gasteiger partial charge in [0.2, 0.25) is 5.91 Å². The number of aliphatic hydroxyl groups excluding tert-OH is 1. The summed E-state index contributed by atoms with van der Waals surface area (Å²) in [6, 6.07) is 3.35. The lowest BCUT2D eigenvalue weighted by molar-refractivity contribution is -0.123. The zero-order valence-corrected chi connectivity index (χ0v) is 11.2. The van der Waals surface area contributed by atoms with Crippen LogP contribution in [0.15, 0.2) is 22.8 Å². The van der Waals surface area contributed by atoms with Gasteiger partial charge in [0.25, 0.3) is 0 Å². The van der Waals surface area contributed by atoms with E-state index in [1.54, 1.807) is 12.3 Å². The van der Waals surface area contributed by atoms with Crippen LogP contribution < -0.4 is 10.6 Å². The monoisotopic (exact) mass is 270 g/mol. The van der Waals surface area contributed by atoms with Crippen molar-refractivity contribution in [3.8, 4) is 0 Å². The molecule has 1 aromatic rings. The van der Waals surface area contributed by atoms with Crippen molar-refractivity contribution in [1.82, 2.24) is 10.6 Å². The smallest absolute Gasteiger partial charge is 0.237 e. The highest BCUT2D eigenvalue weighted by Gasteiger charge is 2.11. The highest BCUT2D eigenvalue weighted by molar-refractivity contribution is 5.81. The number of carbonyl (C=O) groups is 1. The molecule has 1 aromatic heterocycles. The average molecular weight is 270 g/mol. The van der Waals surface area contributed by atoms with Crippen LogP contribution in [0.1, 0.15) is 19.1 Å². The Bertz CT molecular complexity index is 340. The number of ether oxygens (including phenoxy) is 1. The molecule has 0 saturated carbocycles. The van der Waals surface area contributed by atoms with Gasteiger partial charge in [0.05, 0.1) is 32.1 Å². The number of amides is 1. The first-order valence-corrected chi connectivity index (χ1v) is 6.46. The van der Waals surface area contributed by atoms with Gasteiger partial charge in [0.1, 0.15) is 5.76 Å². The van der Waals surface area contributed by atoms with Gasteiger partial charge < -0.3 is 24.9 Å². The quantitative estimate of drug-likeness (QED) is 0.532. The molecule has 0 aliphatic carbocycles. The summed E-state index contributed by atoms with van der Waals surface area (Å²) < 4.78 is 10.2. The third kappa shape index (κ3) is 6.95. The average Bonchev–Trinajstić information content (AvgIpc) is 2.93. The fourth-order valence-corrected chi connectivity index (χ4v) is 1.49. The first kappa shape index (κ1) is 15.7. The predicted molar refractivity (Wildman–Crippen MR) is 70.5 cm³/mol. The Hall–Kier alpha value is -1.37. The molecule has 3 N–H and O–H groups in total. The molecule has 0 aliphatic rings. The summed E-state index contributed by atoms with van der Waals surface area (Å²) in [5, 5.41) is 14.4. The normalized spacial score (nSPS) is 12.3. The highest BCUT2D eigenvalue weighted by atomic mass is 16.5. The maximum absolute atomic E-state index is 11.7. The van der Waals surface area contributed by atoms with Crippen LogP contribution in [-0.2, 0) is 16.1 Å². The van der Waals surface area contributed by atoms with Crippen molar-refractivity contribution in [1.29, 1.82) is 0 Å². The van der Waals surface area contributed by atoms with Gasteiger partial charge in [0, 0.05) is 6.61 Å². The minimum atomic E-state index is -0.257. The summed E-state index contributed by atoms with van der Waals surface area (Å²) in [6.45, 7) is 3.89. The van der Waals surface area contributed by atoms with Gasteiger partial charge >= 0.3 is 0 Å². The fourth-order valence-electron chi connectivity index (χ4n) is 1.49. The Morgan fingerprint density at radius 1 is 1.53 bits per heavy atom. The van der Waals surface area contributed by atoms with E-state index in [0.29, 0.717) is 26.3 Å². The minimum absolute atomic E-state index is 0.0407. The molecular weight excluding hydrogens is 248 g/mol. The van der Waals surface area contributed by atoms with Crippen molar-refractivity contribution in [2.45, 2.75) is 25.9 Å². The number of carbonyl (C=O) groups excluding carboxylic acids is 1. The van der Waals surface area contributed by atoms with E-state index in [2.05, 4.69) is 10.6 Å². The van der Waals surface area contributed by atoms with Crippen LogP contribution in [0.25, 0.3) is 0 Å². The molecule has 1 atom stereocenters. The van der Waals surface area contributed by atoms with Gasteiger partial charge in [0.15, 0.2) is 0 Å². The summed E-state index contributed by atoms with van der Waals surface area (Å²) in [6.07, 6.45) is 2.38. The molecule has 0 aliphatic heterocycles. The summed E-state index contributed by atoms with van der Waals surface area (Å²) in [5.41, 5.74) is 0. The molecule has 6 nitrogen and oxygen atoms in total. The fraction of sp³-hybridized carbons (Fsp3) is 0.615.